The first kappa shape index (κ1) is 21.0. The van der Waals surface area contributed by atoms with Crippen molar-refractivity contribution in [3.63, 3.8) is 0 Å². The molecule has 1 heterocycles. The molecule has 0 fully saturated rings. The third-order valence-electron chi connectivity index (χ3n) is 4.57. The van der Waals surface area contributed by atoms with Crippen molar-refractivity contribution in [3.05, 3.63) is 66.4 Å². The molecule has 0 bridgehead atoms. The Morgan fingerprint density at radius 3 is 2.55 bits per heavy atom. The van der Waals surface area contributed by atoms with Crippen molar-refractivity contribution < 1.29 is 17.9 Å². The van der Waals surface area contributed by atoms with Crippen LogP contribution in [0.2, 0.25) is 0 Å². The number of aromatic nitrogens is 1. The molecule has 1 aromatic heterocycles. The lowest BCUT2D eigenvalue weighted by Crippen LogP contribution is -2.27. The molecule has 0 aliphatic heterocycles. The van der Waals surface area contributed by atoms with E-state index in [1.807, 2.05) is 18.3 Å². The Morgan fingerprint density at radius 2 is 1.79 bits per heavy atom. The van der Waals surface area contributed by atoms with Crippen molar-refractivity contribution in [3.8, 4) is 0 Å². The highest BCUT2D eigenvalue weighted by Crippen LogP contribution is 2.15. The summed E-state index contributed by atoms with van der Waals surface area (Å²) in [5.41, 5.74) is 1.60. The molecule has 29 heavy (non-hydrogen) atoms. The van der Waals surface area contributed by atoms with Gasteiger partial charge >= 0.3 is 0 Å². The van der Waals surface area contributed by atoms with Crippen LogP contribution >= 0.6 is 0 Å². The number of nitrogens with zero attached hydrogens (tertiary/aromatic N) is 1. The number of nitrogens with one attached hydrogen (secondary N) is 2. The fourth-order valence-corrected chi connectivity index (χ4v) is 4.05. The summed E-state index contributed by atoms with van der Waals surface area (Å²) in [6.07, 6.45) is 2.84. The number of hydrogen-bond donors (Lipinski definition) is 2. The van der Waals surface area contributed by atoms with Gasteiger partial charge in [-0.25, -0.2) is 13.1 Å². The highest BCUT2D eigenvalue weighted by atomic mass is 32.2. The van der Waals surface area contributed by atoms with Crippen molar-refractivity contribution in [2.24, 2.45) is 0 Å². The van der Waals surface area contributed by atoms with Crippen molar-refractivity contribution in [1.29, 1.82) is 0 Å². The minimum atomic E-state index is -3.60. The van der Waals surface area contributed by atoms with Crippen LogP contribution < -0.4 is 10.0 Å². The third-order valence-corrected chi connectivity index (χ3v) is 6.04. The molecule has 3 rings (SSSR count). The normalized spacial score (nSPS) is 11.6. The number of benzene rings is 2. The topological polar surface area (TPSA) is 89.4 Å². The molecule has 0 aliphatic rings. The van der Waals surface area contributed by atoms with Crippen LogP contribution in [-0.4, -0.2) is 45.7 Å². The SMILES string of the molecule is COCCNS(=O)(=O)c1ccc(C(=O)NCCCn2ccc3ccccc32)cc1. The summed E-state index contributed by atoms with van der Waals surface area (Å²) in [4.78, 5) is 12.4. The zero-order valence-corrected chi connectivity index (χ0v) is 17.1. The predicted molar refractivity (Wildman–Crippen MR) is 112 cm³/mol. The summed E-state index contributed by atoms with van der Waals surface area (Å²) in [5.74, 6) is -0.223. The van der Waals surface area contributed by atoms with E-state index in [1.54, 1.807) is 0 Å². The number of fused-ring (bicyclic) bond motifs is 1. The smallest absolute Gasteiger partial charge is 0.251 e. The standard InChI is InChI=1S/C21H25N3O4S/c1-28-16-13-23-29(26,27)19-9-7-18(8-10-19)21(25)22-12-4-14-24-15-11-17-5-2-3-6-20(17)24/h2-3,5-11,15,23H,4,12-14,16H2,1H3,(H,22,25). The maximum Gasteiger partial charge on any atom is 0.251 e. The second-order valence-corrected chi connectivity index (χ2v) is 8.36. The number of aryl methyl sites for hydroxylation is 1. The number of carbonyl (C=O) groups is 1. The maximum atomic E-state index is 12.3. The number of ether oxygens (including phenoxy) is 1. The monoisotopic (exact) mass is 415 g/mol. The molecule has 1 amide bonds. The van der Waals surface area contributed by atoms with Crippen LogP contribution in [0.4, 0.5) is 0 Å². The van der Waals surface area contributed by atoms with Crippen LogP contribution in [0.25, 0.3) is 10.9 Å². The molecular weight excluding hydrogens is 390 g/mol. The third kappa shape index (κ3) is 5.44. The second kappa shape index (κ2) is 9.69. The van der Waals surface area contributed by atoms with Gasteiger partial charge in [-0.2, -0.15) is 0 Å². The van der Waals surface area contributed by atoms with Gasteiger partial charge in [-0.1, -0.05) is 18.2 Å². The van der Waals surface area contributed by atoms with E-state index in [-0.39, 0.29) is 17.3 Å². The van der Waals surface area contributed by atoms with Gasteiger partial charge in [0.2, 0.25) is 10.0 Å². The van der Waals surface area contributed by atoms with Crippen LogP contribution in [-0.2, 0) is 21.3 Å². The second-order valence-electron chi connectivity index (χ2n) is 6.59. The lowest BCUT2D eigenvalue weighted by Gasteiger charge is -2.09. The number of amides is 1. The van der Waals surface area contributed by atoms with Crippen LogP contribution in [0.5, 0.6) is 0 Å². The van der Waals surface area contributed by atoms with Gasteiger partial charge in [-0.15, -0.1) is 0 Å². The van der Waals surface area contributed by atoms with E-state index in [1.165, 1.54) is 42.3 Å². The minimum absolute atomic E-state index is 0.115. The van der Waals surface area contributed by atoms with E-state index in [9.17, 15) is 13.2 Å². The summed E-state index contributed by atoms with van der Waals surface area (Å²) in [7, 11) is -2.10. The minimum Gasteiger partial charge on any atom is -0.383 e. The van der Waals surface area contributed by atoms with Crippen LogP contribution in [0.15, 0.2) is 65.7 Å². The predicted octanol–water partition coefficient (Wildman–Crippen LogP) is 2.39. The molecule has 0 radical (unpaired) electrons. The number of carbonyl (C=O) groups excluding carboxylic acids is 1. The Morgan fingerprint density at radius 1 is 1.03 bits per heavy atom. The Kier molecular flexibility index (Phi) is 7.03. The van der Waals surface area contributed by atoms with Crippen LogP contribution in [0, 0.1) is 0 Å². The van der Waals surface area contributed by atoms with Gasteiger partial charge in [0.25, 0.3) is 5.91 Å². The van der Waals surface area contributed by atoms with Crippen molar-refractivity contribution >= 4 is 26.8 Å². The molecule has 2 aromatic carbocycles. The summed E-state index contributed by atoms with van der Waals surface area (Å²) >= 11 is 0. The quantitative estimate of drug-likeness (QED) is 0.498. The van der Waals surface area contributed by atoms with Gasteiger partial charge in [0.05, 0.1) is 11.5 Å². The van der Waals surface area contributed by atoms with E-state index < -0.39 is 10.0 Å². The fourth-order valence-electron chi connectivity index (χ4n) is 3.04. The molecule has 0 saturated carbocycles. The van der Waals surface area contributed by atoms with Crippen molar-refractivity contribution in [1.82, 2.24) is 14.6 Å². The Labute approximate surface area is 170 Å². The lowest BCUT2D eigenvalue weighted by molar-refractivity contribution is 0.0952. The zero-order valence-electron chi connectivity index (χ0n) is 16.3. The molecule has 0 aliphatic carbocycles. The van der Waals surface area contributed by atoms with Crippen LogP contribution in [0.1, 0.15) is 16.8 Å². The van der Waals surface area contributed by atoms with Crippen molar-refractivity contribution in [2.75, 3.05) is 26.8 Å². The molecule has 154 valence electrons. The summed E-state index contributed by atoms with van der Waals surface area (Å²) in [6, 6.07) is 16.1. The molecule has 0 saturated heterocycles. The molecular formula is C21H25N3O4S. The van der Waals surface area contributed by atoms with Crippen molar-refractivity contribution in [2.45, 2.75) is 17.9 Å². The molecule has 0 atom stereocenters. The summed E-state index contributed by atoms with van der Waals surface area (Å²) < 4.78 is 33.7. The molecule has 0 spiro atoms. The van der Waals surface area contributed by atoms with E-state index in [2.05, 4.69) is 32.8 Å². The lowest BCUT2D eigenvalue weighted by atomic mass is 10.2. The molecule has 2 N–H and O–H groups in total. The number of methoxy groups -OCH3 is 1. The largest absolute Gasteiger partial charge is 0.383 e. The van der Waals surface area contributed by atoms with Gasteiger partial charge in [0.1, 0.15) is 0 Å². The molecule has 0 unspecified atom stereocenters. The van der Waals surface area contributed by atoms with Gasteiger partial charge in [-0.05, 0) is 48.2 Å². The number of hydrogen-bond acceptors (Lipinski definition) is 4. The highest BCUT2D eigenvalue weighted by Gasteiger charge is 2.14. The van der Waals surface area contributed by atoms with Gasteiger partial charge in [0.15, 0.2) is 0 Å². The number of rotatable bonds is 10. The first-order valence-corrected chi connectivity index (χ1v) is 10.9. The van der Waals surface area contributed by atoms with Gasteiger partial charge < -0.3 is 14.6 Å². The van der Waals surface area contributed by atoms with E-state index >= 15 is 0 Å². The number of sulfonamides is 1. The van der Waals surface area contributed by atoms with E-state index in [0.717, 1.165) is 13.0 Å². The summed E-state index contributed by atoms with van der Waals surface area (Å²) in [5, 5.41) is 4.07. The maximum absolute atomic E-state index is 12.3. The molecule has 7 nitrogen and oxygen atoms in total. The summed E-state index contributed by atoms with van der Waals surface area (Å²) in [6.45, 7) is 1.82. The molecule has 8 heteroatoms. The van der Waals surface area contributed by atoms with Gasteiger partial charge in [-0.3, -0.25) is 4.79 Å². The van der Waals surface area contributed by atoms with Gasteiger partial charge in [0, 0.05) is 44.0 Å². The van der Waals surface area contributed by atoms with Crippen LogP contribution in [0.3, 0.4) is 0 Å². The first-order chi connectivity index (χ1) is 14.0. The average Bonchev–Trinajstić information content (AvgIpc) is 3.14. The fraction of sp³-hybridized carbons (Fsp3) is 0.286. The Hall–Kier alpha value is -2.68. The Bertz CT molecular complexity index is 1060. The number of para-hydroxylation sites is 1. The Balaban J connectivity index is 1.49. The van der Waals surface area contributed by atoms with E-state index in [4.69, 9.17) is 4.74 Å². The highest BCUT2D eigenvalue weighted by molar-refractivity contribution is 7.89. The molecule has 3 aromatic rings. The first-order valence-electron chi connectivity index (χ1n) is 9.42. The zero-order chi connectivity index (χ0) is 20.7. The average molecular weight is 416 g/mol. The van der Waals surface area contributed by atoms with E-state index in [0.29, 0.717) is 18.7 Å².